The monoisotopic (exact) mass is 239 g/mol. The molecular formula is C10H10BrNO. The molecule has 68 valence electrons. The van der Waals surface area contributed by atoms with Crippen LogP contribution in [0, 0.1) is 11.3 Å². The van der Waals surface area contributed by atoms with Crippen LogP contribution >= 0.6 is 15.9 Å². The fourth-order valence-corrected chi connectivity index (χ4v) is 1.58. The van der Waals surface area contributed by atoms with Crippen LogP contribution in [0.15, 0.2) is 22.7 Å². The van der Waals surface area contributed by atoms with Crippen molar-refractivity contribution in [1.29, 1.82) is 5.26 Å². The molecule has 1 aromatic carbocycles. The van der Waals surface area contributed by atoms with E-state index in [1.807, 2.05) is 13.0 Å². The zero-order valence-electron chi connectivity index (χ0n) is 7.29. The first-order chi connectivity index (χ1) is 6.20. The number of aromatic hydroxyl groups is 1. The zero-order chi connectivity index (χ0) is 9.84. The van der Waals surface area contributed by atoms with Crippen LogP contribution in [-0.4, -0.2) is 5.11 Å². The second-order valence-corrected chi connectivity index (χ2v) is 3.62. The summed E-state index contributed by atoms with van der Waals surface area (Å²) >= 11 is 3.21. The van der Waals surface area contributed by atoms with E-state index >= 15 is 0 Å². The number of phenols is 1. The van der Waals surface area contributed by atoms with Gasteiger partial charge in [-0.2, -0.15) is 5.26 Å². The van der Waals surface area contributed by atoms with Crippen LogP contribution in [0.5, 0.6) is 5.75 Å². The number of hydrogen-bond donors (Lipinski definition) is 1. The molecule has 0 bridgehead atoms. The van der Waals surface area contributed by atoms with Gasteiger partial charge in [0, 0.05) is 5.56 Å². The van der Waals surface area contributed by atoms with Gasteiger partial charge in [0.05, 0.1) is 16.5 Å². The van der Waals surface area contributed by atoms with Gasteiger partial charge < -0.3 is 5.11 Å². The Morgan fingerprint density at radius 2 is 2.31 bits per heavy atom. The van der Waals surface area contributed by atoms with E-state index in [0.717, 1.165) is 0 Å². The average Bonchev–Trinajstić information content (AvgIpc) is 2.14. The minimum Gasteiger partial charge on any atom is -0.506 e. The van der Waals surface area contributed by atoms with E-state index in [9.17, 15) is 5.11 Å². The number of nitriles is 1. The fourth-order valence-electron chi connectivity index (χ4n) is 1.19. The second kappa shape index (κ2) is 4.29. The van der Waals surface area contributed by atoms with E-state index in [2.05, 4.69) is 22.0 Å². The summed E-state index contributed by atoms with van der Waals surface area (Å²) in [6, 6.07) is 7.50. The third-order valence-electron chi connectivity index (χ3n) is 1.96. The molecule has 1 unspecified atom stereocenters. The van der Waals surface area contributed by atoms with Gasteiger partial charge in [0.25, 0.3) is 0 Å². The number of rotatable bonds is 2. The van der Waals surface area contributed by atoms with Crippen LogP contribution < -0.4 is 0 Å². The molecule has 0 heterocycles. The van der Waals surface area contributed by atoms with Crippen LogP contribution in [-0.2, 0) is 0 Å². The maximum absolute atomic E-state index is 9.63. The molecule has 0 spiro atoms. The number of benzene rings is 1. The van der Waals surface area contributed by atoms with Crippen molar-refractivity contribution in [2.75, 3.05) is 0 Å². The van der Waals surface area contributed by atoms with Gasteiger partial charge >= 0.3 is 0 Å². The van der Waals surface area contributed by atoms with Crippen molar-refractivity contribution in [3.05, 3.63) is 28.2 Å². The fraction of sp³-hybridized carbons (Fsp3) is 0.300. The van der Waals surface area contributed by atoms with Crippen molar-refractivity contribution in [1.82, 2.24) is 0 Å². The molecule has 0 aliphatic carbocycles. The molecule has 0 amide bonds. The number of halogens is 1. The van der Waals surface area contributed by atoms with Gasteiger partial charge in [-0.15, -0.1) is 0 Å². The highest BCUT2D eigenvalue weighted by Gasteiger charge is 2.13. The Balaban J connectivity index is 3.15. The summed E-state index contributed by atoms with van der Waals surface area (Å²) in [4.78, 5) is 0. The highest BCUT2D eigenvalue weighted by atomic mass is 79.9. The SMILES string of the molecule is CCC(C#N)c1cccc(Br)c1O. The molecule has 0 aliphatic rings. The van der Waals surface area contributed by atoms with Crippen LogP contribution in [0.25, 0.3) is 0 Å². The maximum atomic E-state index is 9.63. The molecule has 13 heavy (non-hydrogen) atoms. The van der Waals surface area contributed by atoms with Crippen molar-refractivity contribution in [3.63, 3.8) is 0 Å². The number of hydrogen-bond acceptors (Lipinski definition) is 2. The lowest BCUT2D eigenvalue weighted by Gasteiger charge is -2.09. The first-order valence-electron chi connectivity index (χ1n) is 4.07. The molecule has 0 fully saturated rings. The van der Waals surface area contributed by atoms with Gasteiger partial charge in [0.15, 0.2) is 0 Å². The second-order valence-electron chi connectivity index (χ2n) is 2.77. The molecule has 0 saturated heterocycles. The summed E-state index contributed by atoms with van der Waals surface area (Å²) in [5.41, 5.74) is 0.694. The van der Waals surface area contributed by atoms with E-state index in [1.54, 1.807) is 12.1 Å². The van der Waals surface area contributed by atoms with Crippen molar-refractivity contribution >= 4 is 15.9 Å². The Kier molecular flexibility index (Phi) is 3.32. The summed E-state index contributed by atoms with van der Waals surface area (Å²) in [5, 5.41) is 18.5. The van der Waals surface area contributed by atoms with Crippen LogP contribution in [0.1, 0.15) is 24.8 Å². The number of para-hydroxylation sites is 1. The van der Waals surface area contributed by atoms with Gasteiger partial charge in [-0.25, -0.2) is 0 Å². The summed E-state index contributed by atoms with van der Waals surface area (Å²) in [6.07, 6.45) is 0.709. The van der Waals surface area contributed by atoms with Gasteiger partial charge in [-0.3, -0.25) is 0 Å². The minimum absolute atomic E-state index is 0.177. The minimum atomic E-state index is -0.225. The van der Waals surface area contributed by atoms with E-state index in [0.29, 0.717) is 16.5 Å². The summed E-state index contributed by atoms with van der Waals surface area (Å²) in [5.74, 6) is -0.0478. The largest absolute Gasteiger partial charge is 0.506 e. The van der Waals surface area contributed by atoms with E-state index in [-0.39, 0.29) is 11.7 Å². The van der Waals surface area contributed by atoms with Gasteiger partial charge in [-0.05, 0) is 28.4 Å². The van der Waals surface area contributed by atoms with Crippen LogP contribution in [0.2, 0.25) is 0 Å². The van der Waals surface area contributed by atoms with Crippen molar-refractivity contribution in [2.45, 2.75) is 19.3 Å². The van der Waals surface area contributed by atoms with Crippen molar-refractivity contribution in [2.24, 2.45) is 0 Å². The molecule has 1 aromatic rings. The van der Waals surface area contributed by atoms with Crippen LogP contribution in [0.3, 0.4) is 0 Å². The summed E-state index contributed by atoms with van der Waals surface area (Å²) in [7, 11) is 0. The topological polar surface area (TPSA) is 44.0 Å². The first kappa shape index (κ1) is 10.1. The van der Waals surface area contributed by atoms with E-state index in [1.165, 1.54) is 0 Å². The highest BCUT2D eigenvalue weighted by Crippen LogP contribution is 2.33. The summed E-state index contributed by atoms with van der Waals surface area (Å²) in [6.45, 7) is 1.92. The quantitative estimate of drug-likeness (QED) is 0.862. The Morgan fingerprint density at radius 3 is 2.85 bits per heavy atom. The van der Waals surface area contributed by atoms with Crippen molar-refractivity contribution < 1.29 is 5.11 Å². The Hall–Kier alpha value is -1.01. The normalized spacial score (nSPS) is 12.1. The molecule has 0 radical (unpaired) electrons. The number of phenolic OH excluding ortho intramolecular Hbond substituents is 1. The van der Waals surface area contributed by atoms with Crippen molar-refractivity contribution in [3.8, 4) is 11.8 Å². The lowest BCUT2D eigenvalue weighted by molar-refractivity contribution is 0.461. The molecule has 0 aliphatic heterocycles. The Labute approximate surface area is 85.9 Å². The molecule has 1 rings (SSSR count). The number of nitrogens with zero attached hydrogens (tertiary/aromatic N) is 1. The zero-order valence-corrected chi connectivity index (χ0v) is 8.87. The molecule has 1 atom stereocenters. The average molecular weight is 240 g/mol. The molecule has 0 aromatic heterocycles. The van der Waals surface area contributed by atoms with E-state index in [4.69, 9.17) is 5.26 Å². The Morgan fingerprint density at radius 1 is 1.62 bits per heavy atom. The third-order valence-corrected chi connectivity index (χ3v) is 2.60. The molecule has 2 nitrogen and oxygen atoms in total. The molecule has 0 saturated carbocycles. The predicted octanol–water partition coefficient (Wildman–Crippen LogP) is 3.17. The lowest BCUT2D eigenvalue weighted by Crippen LogP contribution is -1.94. The lowest BCUT2D eigenvalue weighted by atomic mass is 9.97. The first-order valence-corrected chi connectivity index (χ1v) is 4.87. The summed E-state index contributed by atoms with van der Waals surface area (Å²) < 4.78 is 0.638. The Bertz CT molecular complexity index is 343. The molecule has 1 N–H and O–H groups in total. The highest BCUT2D eigenvalue weighted by molar-refractivity contribution is 9.10. The van der Waals surface area contributed by atoms with Gasteiger partial charge in [-0.1, -0.05) is 19.1 Å². The third kappa shape index (κ3) is 2.02. The van der Waals surface area contributed by atoms with E-state index < -0.39 is 0 Å². The molecule has 3 heteroatoms. The van der Waals surface area contributed by atoms with Gasteiger partial charge in [0.1, 0.15) is 5.75 Å². The molecular weight excluding hydrogens is 230 g/mol. The van der Waals surface area contributed by atoms with Crippen LogP contribution in [0.4, 0.5) is 0 Å². The smallest absolute Gasteiger partial charge is 0.134 e. The maximum Gasteiger partial charge on any atom is 0.134 e. The van der Waals surface area contributed by atoms with Gasteiger partial charge in [0.2, 0.25) is 0 Å². The predicted molar refractivity (Wildman–Crippen MR) is 54.5 cm³/mol. The standard InChI is InChI=1S/C10H10BrNO/c1-2-7(6-12)8-4-3-5-9(11)10(8)13/h3-5,7,13H,2H2,1H3.